The smallest absolute Gasteiger partial charge is 0.209 e. The van der Waals surface area contributed by atoms with Crippen LogP contribution in [0.25, 0.3) is 0 Å². The van der Waals surface area contributed by atoms with Crippen LogP contribution in [0.3, 0.4) is 0 Å². The van der Waals surface area contributed by atoms with Crippen LogP contribution in [0.1, 0.15) is 62.8 Å². The van der Waals surface area contributed by atoms with E-state index in [4.69, 9.17) is 9.47 Å². The van der Waals surface area contributed by atoms with Crippen molar-refractivity contribution in [1.82, 2.24) is 9.62 Å². The van der Waals surface area contributed by atoms with Crippen LogP contribution >= 0.6 is 0 Å². The average Bonchev–Trinajstić information content (AvgIpc) is 2.90. The number of hydrogen-bond acceptors (Lipinski definition) is 5. The Morgan fingerprint density at radius 3 is 2.53 bits per heavy atom. The Hall–Kier alpha value is -1.15. The summed E-state index contributed by atoms with van der Waals surface area (Å²) >= 11 is 0. The van der Waals surface area contributed by atoms with Gasteiger partial charge in [-0.1, -0.05) is 43.9 Å². The van der Waals surface area contributed by atoms with E-state index in [2.05, 4.69) is 27.8 Å². The molecule has 2 fully saturated rings. The maximum Gasteiger partial charge on any atom is 0.209 e. The fourth-order valence-corrected chi connectivity index (χ4v) is 5.83. The van der Waals surface area contributed by atoms with Gasteiger partial charge in [-0.05, 0) is 49.8 Å². The molecule has 0 unspecified atom stereocenters. The van der Waals surface area contributed by atoms with Gasteiger partial charge in [0.1, 0.15) is 12.4 Å². The quantitative estimate of drug-likeness (QED) is 0.639. The predicted octanol–water partition coefficient (Wildman–Crippen LogP) is 3.53. The molecule has 1 N–H and O–H groups in total. The van der Waals surface area contributed by atoms with E-state index in [1.807, 2.05) is 6.07 Å². The van der Waals surface area contributed by atoms with Crippen LogP contribution in [0.15, 0.2) is 24.3 Å². The van der Waals surface area contributed by atoms with Crippen molar-refractivity contribution >= 4 is 10.0 Å². The topological polar surface area (TPSA) is 67.9 Å². The van der Waals surface area contributed by atoms with Gasteiger partial charge in [0.05, 0.1) is 12.9 Å². The lowest BCUT2D eigenvalue weighted by atomic mass is 9.84. The zero-order valence-electron chi connectivity index (χ0n) is 18.5. The molecule has 2 aliphatic rings. The third-order valence-electron chi connectivity index (χ3n) is 6.45. The average molecular weight is 439 g/mol. The number of hydrogen-bond donors (Lipinski definition) is 1. The Labute approximate surface area is 182 Å². The highest BCUT2D eigenvalue weighted by Crippen LogP contribution is 2.37. The Balaban J connectivity index is 1.63. The summed E-state index contributed by atoms with van der Waals surface area (Å²) in [7, 11) is -1.58. The molecule has 3 rings (SSSR count). The van der Waals surface area contributed by atoms with Gasteiger partial charge in [0.15, 0.2) is 0 Å². The molecule has 0 radical (unpaired) electrons. The third kappa shape index (κ3) is 6.94. The number of ether oxygens (including phenoxy) is 2. The van der Waals surface area contributed by atoms with Gasteiger partial charge in [-0.3, -0.25) is 4.90 Å². The molecule has 6 nitrogen and oxygen atoms in total. The van der Waals surface area contributed by atoms with Crippen molar-refractivity contribution in [2.45, 2.75) is 69.4 Å². The van der Waals surface area contributed by atoms with E-state index < -0.39 is 10.0 Å². The summed E-state index contributed by atoms with van der Waals surface area (Å²) in [5.41, 5.74) is 1.35. The predicted molar refractivity (Wildman–Crippen MR) is 121 cm³/mol. The molecular weight excluding hydrogens is 400 g/mol. The maximum atomic E-state index is 11.9. The molecule has 1 saturated carbocycles. The van der Waals surface area contributed by atoms with Crippen LogP contribution in [0.2, 0.25) is 0 Å². The van der Waals surface area contributed by atoms with E-state index in [-0.39, 0.29) is 12.1 Å². The Morgan fingerprint density at radius 1 is 1.07 bits per heavy atom. The van der Waals surface area contributed by atoms with Crippen LogP contribution in [-0.4, -0.2) is 65.1 Å². The SMILES string of the molecule is COC[C@H]1[C@@H](NS(C)(=O)=O)CCCCN1CCOc1ccccc1C1CCCCC1. The second kappa shape index (κ2) is 11.5. The Kier molecular flexibility index (Phi) is 8.98. The van der Waals surface area contributed by atoms with Gasteiger partial charge in [-0.2, -0.15) is 0 Å². The summed E-state index contributed by atoms with van der Waals surface area (Å²) in [5, 5.41) is 0. The van der Waals surface area contributed by atoms with Gasteiger partial charge in [-0.25, -0.2) is 13.1 Å². The first-order chi connectivity index (χ1) is 14.5. The minimum Gasteiger partial charge on any atom is -0.492 e. The zero-order chi connectivity index (χ0) is 21.4. The van der Waals surface area contributed by atoms with E-state index in [1.165, 1.54) is 43.9 Å². The number of likely N-dealkylation sites (tertiary alicyclic amines) is 1. The van der Waals surface area contributed by atoms with Crippen molar-refractivity contribution in [3.8, 4) is 5.75 Å². The van der Waals surface area contributed by atoms with Crippen LogP contribution < -0.4 is 9.46 Å². The molecule has 1 saturated heterocycles. The maximum absolute atomic E-state index is 11.9. The van der Waals surface area contributed by atoms with E-state index in [9.17, 15) is 8.42 Å². The summed E-state index contributed by atoms with van der Waals surface area (Å²) in [6.07, 6.45) is 10.6. The van der Waals surface area contributed by atoms with E-state index >= 15 is 0 Å². The molecule has 170 valence electrons. The van der Waals surface area contributed by atoms with Crippen molar-refractivity contribution in [3.05, 3.63) is 29.8 Å². The monoisotopic (exact) mass is 438 g/mol. The van der Waals surface area contributed by atoms with Gasteiger partial charge in [-0.15, -0.1) is 0 Å². The van der Waals surface area contributed by atoms with Crippen LogP contribution in [0.4, 0.5) is 0 Å². The van der Waals surface area contributed by atoms with E-state index in [1.54, 1.807) is 7.11 Å². The first-order valence-electron chi connectivity index (χ1n) is 11.4. The first kappa shape index (κ1) is 23.5. The zero-order valence-corrected chi connectivity index (χ0v) is 19.3. The van der Waals surface area contributed by atoms with E-state index in [0.29, 0.717) is 19.1 Å². The van der Waals surface area contributed by atoms with Gasteiger partial charge in [0, 0.05) is 25.7 Å². The fourth-order valence-electron chi connectivity index (χ4n) is 5.01. The molecule has 30 heavy (non-hydrogen) atoms. The molecule has 1 aromatic rings. The largest absolute Gasteiger partial charge is 0.492 e. The number of benzene rings is 1. The second-order valence-electron chi connectivity index (χ2n) is 8.77. The highest BCUT2D eigenvalue weighted by Gasteiger charge is 2.31. The molecule has 2 atom stereocenters. The molecule has 0 bridgehead atoms. The standard InChI is InChI=1S/C23H38N2O4S/c1-28-18-22-21(24-30(2,26)27)13-8-9-15-25(22)16-17-29-23-14-7-6-12-20(23)19-10-4-3-5-11-19/h6-7,12,14,19,21-22,24H,3-5,8-11,13,15-18H2,1-2H3/t21-,22-/m0/s1. The van der Waals surface area contributed by atoms with Gasteiger partial charge < -0.3 is 9.47 Å². The molecule has 0 amide bonds. The normalized spacial score (nSPS) is 24.5. The minimum absolute atomic E-state index is 0.0180. The number of rotatable bonds is 9. The molecule has 0 aromatic heterocycles. The third-order valence-corrected chi connectivity index (χ3v) is 7.18. The molecular formula is C23H38N2O4S. The Morgan fingerprint density at radius 2 is 1.80 bits per heavy atom. The van der Waals surface area contributed by atoms with Crippen molar-refractivity contribution in [1.29, 1.82) is 0 Å². The fraction of sp³-hybridized carbons (Fsp3) is 0.739. The molecule has 0 spiro atoms. The highest BCUT2D eigenvalue weighted by molar-refractivity contribution is 7.88. The van der Waals surface area contributed by atoms with Gasteiger partial charge in [0.25, 0.3) is 0 Å². The molecule has 1 aliphatic carbocycles. The number of methoxy groups -OCH3 is 1. The van der Waals surface area contributed by atoms with E-state index in [0.717, 1.165) is 38.1 Å². The second-order valence-corrected chi connectivity index (χ2v) is 10.6. The lowest BCUT2D eigenvalue weighted by Crippen LogP contribution is -2.53. The van der Waals surface area contributed by atoms with Gasteiger partial charge >= 0.3 is 0 Å². The number of sulfonamides is 1. The number of nitrogens with zero attached hydrogens (tertiary/aromatic N) is 1. The molecule has 1 aromatic carbocycles. The van der Waals surface area contributed by atoms with Crippen molar-refractivity contribution in [2.75, 3.05) is 39.7 Å². The van der Waals surface area contributed by atoms with Crippen molar-refractivity contribution in [3.63, 3.8) is 0 Å². The van der Waals surface area contributed by atoms with Crippen LogP contribution in [0, 0.1) is 0 Å². The summed E-state index contributed by atoms with van der Waals surface area (Å²) < 4.78 is 38.3. The summed E-state index contributed by atoms with van der Waals surface area (Å²) in [4.78, 5) is 2.34. The number of para-hydroxylation sites is 1. The summed E-state index contributed by atoms with van der Waals surface area (Å²) in [6, 6.07) is 8.36. The van der Waals surface area contributed by atoms with Gasteiger partial charge in [0.2, 0.25) is 10.0 Å². The molecule has 1 aliphatic heterocycles. The molecule has 7 heteroatoms. The first-order valence-corrected chi connectivity index (χ1v) is 13.3. The van der Waals surface area contributed by atoms with Crippen LogP contribution in [0.5, 0.6) is 5.75 Å². The van der Waals surface area contributed by atoms with Crippen LogP contribution in [-0.2, 0) is 14.8 Å². The summed E-state index contributed by atoms with van der Waals surface area (Å²) in [6.45, 7) is 2.79. The van der Waals surface area contributed by atoms with Crippen molar-refractivity contribution < 1.29 is 17.9 Å². The summed E-state index contributed by atoms with van der Waals surface area (Å²) in [5.74, 6) is 1.62. The Bertz CT molecular complexity index is 749. The lowest BCUT2D eigenvalue weighted by molar-refractivity contribution is 0.0689. The lowest BCUT2D eigenvalue weighted by Gasteiger charge is -2.34. The van der Waals surface area contributed by atoms with Crippen molar-refractivity contribution in [2.24, 2.45) is 0 Å². The molecule has 1 heterocycles. The minimum atomic E-state index is -3.26. The highest BCUT2D eigenvalue weighted by atomic mass is 32.2. The number of nitrogens with one attached hydrogen (secondary N) is 1.